The second-order valence-corrected chi connectivity index (χ2v) is 7.17. The summed E-state index contributed by atoms with van der Waals surface area (Å²) in [6, 6.07) is 4.86. The van der Waals surface area contributed by atoms with Crippen LogP contribution >= 0.6 is 23.2 Å². The molecule has 3 N–H and O–H groups in total. The van der Waals surface area contributed by atoms with Crippen LogP contribution in [0.25, 0.3) is 0 Å². The van der Waals surface area contributed by atoms with Crippen molar-refractivity contribution in [2.24, 2.45) is 5.73 Å². The van der Waals surface area contributed by atoms with E-state index in [1.165, 1.54) is 0 Å². The number of hydrogen-bond acceptors (Lipinski definition) is 4. The predicted molar refractivity (Wildman–Crippen MR) is 74.0 cm³/mol. The van der Waals surface area contributed by atoms with Gasteiger partial charge in [0.25, 0.3) is 0 Å². The zero-order chi connectivity index (χ0) is 13.9. The van der Waals surface area contributed by atoms with E-state index in [1.54, 1.807) is 18.2 Å². The molecule has 0 radical (unpaired) electrons. The molecule has 0 spiro atoms. The zero-order valence-corrected chi connectivity index (χ0v) is 12.1. The lowest BCUT2D eigenvalue weighted by molar-refractivity contribution is 0.167. The van der Waals surface area contributed by atoms with Crippen molar-refractivity contribution >= 4 is 33.0 Å². The van der Waals surface area contributed by atoms with Crippen molar-refractivity contribution < 1.29 is 13.5 Å². The van der Waals surface area contributed by atoms with E-state index in [4.69, 9.17) is 28.9 Å². The van der Waals surface area contributed by atoms with Crippen molar-refractivity contribution in [3.63, 3.8) is 0 Å². The molecule has 0 aromatic heterocycles. The average Bonchev–Trinajstić information content (AvgIpc) is 2.21. The van der Waals surface area contributed by atoms with Crippen LogP contribution in [0.1, 0.15) is 11.5 Å². The first-order chi connectivity index (χ1) is 8.24. The Hall–Kier alpha value is -0.330. The first kappa shape index (κ1) is 15.7. The van der Waals surface area contributed by atoms with Gasteiger partial charge in [0.05, 0.1) is 21.9 Å². The van der Waals surface area contributed by atoms with E-state index >= 15 is 0 Å². The standard InChI is InChI=1S/C11H15Cl2NO3S/c1-18(16,17)6-11(15)8(5-14)7-2-3-9(12)10(13)4-7/h2-4,8,11,15H,5-6,14H2,1H3. The van der Waals surface area contributed by atoms with E-state index in [-0.39, 0.29) is 12.3 Å². The third-order valence-corrected chi connectivity index (χ3v) is 4.25. The van der Waals surface area contributed by atoms with Crippen LogP contribution in [0.4, 0.5) is 0 Å². The fraction of sp³-hybridized carbons (Fsp3) is 0.455. The first-order valence-electron chi connectivity index (χ1n) is 5.25. The number of hydrogen-bond donors (Lipinski definition) is 2. The fourth-order valence-corrected chi connectivity index (χ4v) is 2.84. The Morgan fingerprint density at radius 2 is 1.94 bits per heavy atom. The van der Waals surface area contributed by atoms with Crippen molar-refractivity contribution in [2.75, 3.05) is 18.6 Å². The molecule has 2 unspecified atom stereocenters. The second-order valence-electron chi connectivity index (χ2n) is 4.18. The molecule has 0 amide bonds. The number of halogens is 2. The van der Waals surface area contributed by atoms with E-state index in [9.17, 15) is 13.5 Å². The van der Waals surface area contributed by atoms with Gasteiger partial charge in [-0.1, -0.05) is 29.3 Å². The molecule has 2 atom stereocenters. The lowest BCUT2D eigenvalue weighted by Crippen LogP contribution is -2.31. The van der Waals surface area contributed by atoms with Gasteiger partial charge < -0.3 is 10.8 Å². The lowest BCUT2D eigenvalue weighted by atomic mass is 9.94. The summed E-state index contributed by atoms with van der Waals surface area (Å²) in [6.07, 6.45) is 0.000724. The maximum Gasteiger partial charge on any atom is 0.150 e. The Morgan fingerprint density at radius 3 is 2.39 bits per heavy atom. The molecule has 1 aromatic rings. The van der Waals surface area contributed by atoms with Gasteiger partial charge in [0, 0.05) is 18.7 Å². The lowest BCUT2D eigenvalue weighted by Gasteiger charge is -2.21. The molecule has 1 aromatic carbocycles. The maximum absolute atomic E-state index is 11.2. The molecule has 7 heteroatoms. The number of sulfone groups is 1. The van der Waals surface area contributed by atoms with Crippen molar-refractivity contribution in [2.45, 2.75) is 12.0 Å². The third kappa shape index (κ3) is 4.40. The smallest absolute Gasteiger partial charge is 0.150 e. The summed E-state index contributed by atoms with van der Waals surface area (Å²) >= 11 is 11.7. The minimum Gasteiger partial charge on any atom is -0.391 e. The van der Waals surface area contributed by atoms with Gasteiger partial charge in [0.15, 0.2) is 0 Å². The highest BCUT2D eigenvalue weighted by molar-refractivity contribution is 7.90. The summed E-state index contributed by atoms with van der Waals surface area (Å²) in [5, 5.41) is 10.7. The fourth-order valence-electron chi connectivity index (χ4n) is 1.68. The highest BCUT2D eigenvalue weighted by Gasteiger charge is 2.24. The highest BCUT2D eigenvalue weighted by atomic mass is 35.5. The monoisotopic (exact) mass is 311 g/mol. The van der Waals surface area contributed by atoms with E-state index in [0.717, 1.165) is 6.26 Å². The Bertz CT molecular complexity index is 519. The summed E-state index contributed by atoms with van der Waals surface area (Å²) in [7, 11) is -3.27. The Kier molecular flexibility index (Phi) is 5.43. The number of aliphatic hydroxyl groups is 1. The van der Waals surface area contributed by atoms with E-state index < -0.39 is 21.9 Å². The van der Waals surface area contributed by atoms with Crippen molar-refractivity contribution in [1.29, 1.82) is 0 Å². The van der Waals surface area contributed by atoms with E-state index in [0.29, 0.717) is 15.6 Å². The predicted octanol–water partition coefficient (Wildman–Crippen LogP) is 1.44. The van der Waals surface area contributed by atoms with Gasteiger partial charge in [-0.15, -0.1) is 0 Å². The average molecular weight is 312 g/mol. The van der Waals surface area contributed by atoms with Gasteiger partial charge >= 0.3 is 0 Å². The number of nitrogens with two attached hydrogens (primary N) is 1. The molecule has 1 rings (SSSR count). The van der Waals surface area contributed by atoms with Gasteiger partial charge in [-0.2, -0.15) is 0 Å². The van der Waals surface area contributed by atoms with Crippen LogP contribution in [0.15, 0.2) is 18.2 Å². The Morgan fingerprint density at radius 1 is 1.33 bits per heavy atom. The molecule has 102 valence electrons. The quantitative estimate of drug-likeness (QED) is 0.862. The van der Waals surface area contributed by atoms with E-state index in [1.807, 2.05) is 0 Å². The topological polar surface area (TPSA) is 80.4 Å². The van der Waals surface area contributed by atoms with Gasteiger partial charge in [-0.25, -0.2) is 8.42 Å². The molecule has 0 aliphatic heterocycles. The molecule has 0 aliphatic rings. The largest absolute Gasteiger partial charge is 0.391 e. The van der Waals surface area contributed by atoms with Gasteiger partial charge in [0.1, 0.15) is 9.84 Å². The summed E-state index contributed by atoms with van der Waals surface area (Å²) in [4.78, 5) is 0. The molecule has 4 nitrogen and oxygen atoms in total. The van der Waals surface area contributed by atoms with Crippen molar-refractivity contribution in [1.82, 2.24) is 0 Å². The third-order valence-electron chi connectivity index (χ3n) is 2.56. The summed E-state index contributed by atoms with van der Waals surface area (Å²) < 4.78 is 22.3. The second kappa shape index (κ2) is 6.21. The minimum atomic E-state index is -3.27. The summed E-state index contributed by atoms with van der Waals surface area (Å²) in [5.41, 5.74) is 6.25. The summed E-state index contributed by atoms with van der Waals surface area (Å²) in [6.45, 7) is 0.120. The molecule has 0 heterocycles. The number of rotatable bonds is 5. The van der Waals surface area contributed by atoms with Crippen LogP contribution in [-0.4, -0.2) is 38.2 Å². The van der Waals surface area contributed by atoms with Crippen LogP contribution < -0.4 is 5.73 Å². The first-order valence-corrected chi connectivity index (χ1v) is 8.07. The van der Waals surface area contributed by atoms with Crippen LogP contribution in [0, 0.1) is 0 Å². The van der Waals surface area contributed by atoms with E-state index in [2.05, 4.69) is 0 Å². The number of aliphatic hydroxyl groups excluding tert-OH is 1. The number of benzene rings is 1. The zero-order valence-electron chi connectivity index (χ0n) is 9.81. The Balaban J connectivity index is 2.98. The van der Waals surface area contributed by atoms with Crippen LogP contribution in [0.5, 0.6) is 0 Å². The minimum absolute atomic E-state index is 0.120. The molecule has 0 bridgehead atoms. The van der Waals surface area contributed by atoms with Gasteiger partial charge in [-0.3, -0.25) is 0 Å². The van der Waals surface area contributed by atoms with Crippen molar-refractivity contribution in [3.8, 4) is 0 Å². The highest BCUT2D eigenvalue weighted by Crippen LogP contribution is 2.28. The molecular formula is C11H15Cl2NO3S. The molecule has 0 saturated heterocycles. The van der Waals surface area contributed by atoms with Gasteiger partial charge in [-0.05, 0) is 17.7 Å². The SMILES string of the molecule is CS(=O)(=O)CC(O)C(CN)c1ccc(Cl)c(Cl)c1. The van der Waals surface area contributed by atoms with Crippen LogP contribution in [-0.2, 0) is 9.84 Å². The summed E-state index contributed by atoms with van der Waals surface area (Å²) in [5.74, 6) is -0.829. The normalized spacial score (nSPS) is 15.4. The molecule has 18 heavy (non-hydrogen) atoms. The molecule has 0 saturated carbocycles. The van der Waals surface area contributed by atoms with Gasteiger partial charge in [0.2, 0.25) is 0 Å². The molecule has 0 fully saturated rings. The Labute approximate surface area is 117 Å². The van der Waals surface area contributed by atoms with Crippen LogP contribution in [0.2, 0.25) is 10.0 Å². The van der Waals surface area contributed by atoms with Crippen LogP contribution in [0.3, 0.4) is 0 Å². The molecule has 0 aliphatic carbocycles. The van der Waals surface area contributed by atoms with Crippen molar-refractivity contribution in [3.05, 3.63) is 33.8 Å². The molecular weight excluding hydrogens is 297 g/mol. The maximum atomic E-state index is 11.2.